The van der Waals surface area contributed by atoms with Crippen molar-refractivity contribution < 1.29 is 22.7 Å². The lowest BCUT2D eigenvalue weighted by molar-refractivity contribution is -0.143. The highest BCUT2D eigenvalue weighted by atomic mass is 32.2. The molecule has 1 N–H and O–H groups in total. The fourth-order valence-corrected chi connectivity index (χ4v) is 4.55. The molecular weight excluding hydrogens is 380 g/mol. The van der Waals surface area contributed by atoms with Crippen molar-refractivity contribution in [2.45, 2.75) is 49.5 Å². The molecule has 0 unspecified atom stereocenters. The summed E-state index contributed by atoms with van der Waals surface area (Å²) in [6.45, 7) is 0.820. The van der Waals surface area contributed by atoms with Gasteiger partial charge in [-0.1, -0.05) is 25.0 Å². The van der Waals surface area contributed by atoms with Gasteiger partial charge in [0.05, 0.1) is 4.90 Å². The molecule has 7 nitrogen and oxygen atoms in total. The van der Waals surface area contributed by atoms with Crippen molar-refractivity contribution in [3.63, 3.8) is 0 Å². The van der Waals surface area contributed by atoms with Crippen molar-refractivity contribution in [2.24, 2.45) is 0 Å². The molecule has 1 amide bonds. The zero-order valence-corrected chi connectivity index (χ0v) is 16.6. The lowest BCUT2D eigenvalue weighted by atomic mass is 10.2. The van der Waals surface area contributed by atoms with E-state index in [1.807, 2.05) is 0 Å². The lowest BCUT2D eigenvalue weighted by Crippen LogP contribution is -2.31. The molecule has 1 heterocycles. The molecule has 2 aliphatic rings. The van der Waals surface area contributed by atoms with E-state index in [0.717, 1.165) is 38.5 Å². The van der Waals surface area contributed by atoms with E-state index in [-0.39, 0.29) is 23.5 Å². The summed E-state index contributed by atoms with van der Waals surface area (Å²) in [7, 11) is -3.48. The minimum absolute atomic E-state index is 0.228. The molecule has 1 aliphatic carbocycles. The number of esters is 1. The van der Waals surface area contributed by atoms with Crippen LogP contribution >= 0.6 is 0 Å². The number of rotatable bonds is 7. The van der Waals surface area contributed by atoms with E-state index in [0.29, 0.717) is 18.7 Å². The van der Waals surface area contributed by atoms with Gasteiger partial charge in [-0.25, -0.2) is 13.2 Å². The topological polar surface area (TPSA) is 92.8 Å². The maximum atomic E-state index is 12.7. The molecule has 28 heavy (non-hydrogen) atoms. The van der Waals surface area contributed by atoms with Crippen molar-refractivity contribution in [3.8, 4) is 0 Å². The number of ether oxygens (including phenoxy) is 1. The molecule has 1 saturated heterocycles. The summed E-state index contributed by atoms with van der Waals surface area (Å²) in [5.74, 6) is -0.917. The Morgan fingerprint density at radius 2 is 1.71 bits per heavy atom. The molecule has 0 aromatic heterocycles. The molecule has 152 valence electrons. The van der Waals surface area contributed by atoms with Crippen LogP contribution in [-0.2, 0) is 24.3 Å². The van der Waals surface area contributed by atoms with Crippen LogP contribution in [0, 0.1) is 0 Å². The number of hydrogen-bond donors (Lipinski definition) is 1. The number of carbonyl (C=O) groups is 2. The number of carbonyl (C=O) groups excluding carboxylic acids is 2. The van der Waals surface area contributed by atoms with Gasteiger partial charge in [-0.15, -0.1) is 0 Å². The highest BCUT2D eigenvalue weighted by Crippen LogP contribution is 2.21. The molecule has 8 heteroatoms. The Morgan fingerprint density at radius 1 is 1.07 bits per heavy atom. The fourth-order valence-electron chi connectivity index (χ4n) is 3.03. The summed E-state index contributed by atoms with van der Waals surface area (Å²) < 4.78 is 31.9. The SMILES string of the molecule is O=C(COC(=O)/C=C/c1ccc(S(=O)(=O)N2CCCCCC2)cc1)NC1CC1. The van der Waals surface area contributed by atoms with Crippen LogP contribution in [0.1, 0.15) is 44.1 Å². The normalized spacial score (nSPS) is 18.6. The molecule has 1 aliphatic heterocycles. The maximum absolute atomic E-state index is 12.7. The molecule has 1 saturated carbocycles. The van der Waals surface area contributed by atoms with E-state index in [2.05, 4.69) is 5.32 Å². The maximum Gasteiger partial charge on any atom is 0.331 e. The van der Waals surface area contributed by atoms with Gasteiger partial charge in [0, 0.05) is 25.2 Å². The number of hydrogen-bond acceptors (Lipinski definition) is 5. The number of amides is 1. The van der Waals surface area contributed by atoms with Gasteiger partial charge in [-0.3, -0.25) is 4.79 Å². The van der Waals surface area contributed by atoms with Gasteiger partial charge < -0.3 is 10.1 Å². The molecule has 0 radical (unpaired) electrons. The Hall–Kier alpha value is -2.19. The van der Waals surface area contributed by atoms with Gasteiger partial charge in [0.15, 0.2) is 6.61 Å². The van der Waals surface area contributed by atoms with Crippen LogP contribution in [0.2, 0.25) is 0 Å². The van der Waals surface area contributed by atoms with Gasteiger partial charge in [0.1, 0.15) is 0 Å². The summed E-state index contributed by atoms with van der Waals surface area (Å²) in [5.41, 5.74) is 0.675. The monoisotopic (exact) mass is 406 g/mol. The second-order valence-corrected chi connectivity index (χ2v) is 9.11. The van der Waals surface area contributed by atoms with Crippen LogP contribution in [0.3, 0.4) is 0 Å². The van der Waals surface area contributed by atoms with Crippen LogP contribution < -0.4 is 5.32 Å². The smallest absolute Gasteiger partial charge is 0.331 e. The highest BCUT2D eigenvalue weighted by Gasteiger charge is 2.25. The quantitative estimate of drug-likeness (QED) is 0.553. The fraction of sp³-hybridized carbons (Fsp3) is 0.500. The van der Waals surface area contributed by atoms with Gasteiger partial charge in [0.25, 0.3) is 5.91 Å². The lowest BCUT2D eigenvalue weighted by Gasteiger charge is -2.19. The predicted molar refractivity (Wildman–Crippen MR) is 105 cm³/mol. The molecule has 0 atom stereocenters. The summed E-state index contributed by atoms with van der Waals surface area (Å²) in [4.78, 5) is 23.4. The third-order valence-electron chi connectivity index (χ3n) is 4.78. The predicted octanol–water partition coefficient (Wildman–Crippen LogP) is 2.09. The number of nitrogens with one attached hydrogen (secondary N) is 1. The Kier molecular flexibility index (Phi) is 6.85. The Balaban J connectivity index is 1.53. The van der Waals surface area contributed by atoms with Crippen LogP contribution in [-0.4, -0.2) is 50.3 Å². The average molecular weight is 407 g/mol. The van der Waals surface area contributed by atoms with E-state index in [1.54, 1.807) is 28.6 Å². The summed E-state index contributed by atoms with van der Waals surface area (Å²) in [6.07, 6.45) is 8.61. The van der Waals surface area contributed by atoms with Crippen molar-refractivity contribution in [1.29, 1.82) is 0 Å². The largest absolute Gasteiger partial charge is 0.452 e. The molecule has 1 aromatic rings. The zero-order valence-electron chi connectivity index (χ0n) is 15.8. The van der Waals surface area contributed by atoms with E-state index < -0.39 is 16.0 Å². The van der Waals surface area contributed by atoms with Crippen molar-refractivity contribution in [3.05, 3.63) is 35.9 Å². The Labute approximate surface area is 165 Å². The van der Waals surface area contributed by atoms with Crippen LogP contribution in [0.4, 0.5) is 0 Å². The van der Waals surface area contributed by atoms with Crippen LogP contribution in [0.15, 0.2) is 35.2 Å². The minimum Gasteiger partial charge on any atom is -0.452 e. The standard InChI is InChI=1S/C20H26N2O5S/c23-19(21-17-8-9-17)15-27-20(24)12-7-16-5-10-18(11-6-16)28(25,26)22-13-3-1-2-4-14-22/h5-7,10-12,17H,1-4,8-9,13-15H2,(H,21,23)/b12-7+. The first-order chi connectivity index (χ1) is 13.4. The Bertz CT molecular complexity index is 821. The third kappa shape index (κ3) is 5.90. The van der Waals surface area contributed by atoms with Gasteiger partial charge in [-0.2, -0.15) is 4.31 Å². The average Bonchev–Trinajstić information content (AvgIpc) is 3.52. The zero-order chi connectivity index (χ0) is 20.0. The Morgan fingerprint density at radius 3 is 2.32 bits per heavy atom. The second kappa shape index (κ2) is 9.34. The number of sulfonamides is 1. The molecule has 0 spiro atoms. The molecule has 1 aromatic carbocycles. The molecule has 2 fully saturated rings. The molecule has 3 rings (SSSR count). The molecular formula is C20H26N2O5S. The van der Waals surface area contributed by atoms with E-state index in [1.165, 1.54) is 12.2 Å². The summed E-state index contributed by atoms with van der Waals surface area (Å²) in [6, 6.07) is 6.62. The van der Waals surface area contributed by atoms with Crippen LogP contribution in [0.25, 0.3) is 6.08 Å². The van der Waals surface area contributed by atoms with Gasteiger partial charge >= 0.3 is 5.97 Å². The number of nitrogens with zero attached hydrogens (tertiary/aromatic N) is 1. The van der Waals surface area contributed by atoms with Crippen LogP contribution in [0.5, 0.6) is 0 Å². The van der Waals surface area contributed by atoms with Gasteiger partial charge in [-0.05, 0) is 49.5 Å². The molecule has 0 bridgehead atoms. The summed E-state index contributed by atoms with van der Waals surface area (Å²) in [5, 5.41) is 2.73. The van der Waals surface area contributed by atoms with E-state index in [9.17, 15) is 18.0 Å². The summed E-state index contributed by atoms with van der Waals surface area (Å²) >= 11 is 0. The first kappa shape index (κ1) is 20.5. The first-order valence-corrected chi connectivity index (χ1v) is 11.1. The van der Waals surface area contributed by atoms with Crippen molar-refractivity contribution in [1.82, 2.24) is 9.62 Å². The highest BCUT2D eigenvalue weighted by molar-refractivity contribution is 7.89. The second-order valence-electron chi connectivity index (χ2n) is 7.17. The van der Waals surface area contributed by atoms with Crippen molar-refractivity contribution in [2.75, 3.05) is 19.7 Å². The van der Waals surface area contributed by atoms with Gasteiger partial charge in [0.2, 0.25) is 10.0 Å². The van der Waals surface area contributed by atoms with Crippen molar-refractivity contribution >= 4 is 28.0 Å². The third-order valence-corrected chi connectivity index (χ3v) is 6.70. The van der Waals surface area contributed by atoms with E-state index in [4.69, 9.17) is 4.74 Å². The minimum atomic E-state index is -3.48. The number of benzene rings is 1. The van der Waals surface area contributed by atoms with E-state index >= 15 is 0 Å². The first-order valence-electron chi connectivity index (χ1n) is 9.69.